The molecule has 0 aromatic heterocycles. The second kappa shape index (κ2) is 46.6. The van der Waals surface area contributed by atoms with E-state index in [0.29, 0.717) is 89.7 Å². The Balaban J connectivity index is 0.000000214. The van der Waals surface area contributed by atoms with E-state index >= 15 is 0 Å². The summed E-state index contributed by atoms with van der Waals surface area (Å²) in [5, 5.41) is 38.7. The lowest BCUT2D eigenvalue weighted by atomic mass is 9.71. The van der Waals surface area contributed by atoms with Gasteiger partial charge in [-0.3, -0.25) is 43.5 Å². The van der Waals surface area contributed by atoms with Crippen LogP contribution in [-0.4, -0.2) is 218 Å². The fourth-order valence-electron chi connectivity index (χ4n) is 23.4. The first-order valence-corrected chi connectivity index (χ1v) is 50.9. The molecule has 3 unspecified atom stereocenters. The van der Waals surface area contributed by atoms with Gasteiger partial charge in [-0.25, -0.2) is 31.1 Å². The third-order valence-electron chi connectivity index (χ3n) is 31.3. The quantitative estimate of drug-likeness (QED) is 0.0782. The van der Waals surface area contributed by atoms with Crippen LogP contribution in [0.2, 0.25) is 15.1 Å². The third-order valence-corrected chi connectivity index (χ3v) is 32.5. The van der Waals surface area contributed by atoms with E-state index in [2.05, 4.69) is 138 Å². The molecule has 148 heavy (non-hydrogen) atoms. The highest BCUT2D eigenvalue weighted by atomic mass is 35.5. The number of carboxylic acid groups (broad SMARTS) is 3. The first-order valence-electron chi connectivity index (χ1n) is 49.8. The summed E-state index contributed by atoms with van der Waals surface area (Å²) < 4.78 is 153. The van der Waals surface area contributed by atoms with Crippen LogP contribution in [0.4, 0.5) is 57.5 Å². The number of ether oxygens (including phenoxy) is 1. The number of carbonyl (C=O) groups excluding carboxylic acids is 8. The smallest absolute Gasteiger partial charge is 0.430 e. The van der Waals surface area contributed by atoms with Gasteiger partial charge in [-0.2, -0.15) is 26.3 Å². The van der Waals surface area contributed by atoms with Crippen molar-refractivity contribution in [2.75, 3.05) is 78.5 Å². The number of amides is 6. The minimum atomic E-state index is -5.19. The number of nitrogens with zero attached hydrogens (tertiary/aromatic N) is 6. The van der Waals surface area contributed by atoms with Gasteiger partial charge in [0, 0.05) is 202 Å². The maximum atomic E-state index is 15.0. The molecule has 22 nitrogen and oxygen atoms in total. The van der Waals surface area contributed by atoms with Gasteiger partial charge in [0.05, 0.1) is 17.8 Å². The average Bonchev–Trinajstić information content (AvgIpc) is 1.58. The number of aliphatic carboxylic acids is 3. The van der Waals surface area contributed by atoms with E-state index in [0.717, 1.165) is 108 Å². The van der Waals surface area contributed by atoms with Crippen LogP contribution in [0.25, 0.3) is 0 Å². The van der Waals surface area contributed by atoms with E-state index in [4.69, 9.17) is 59.3 Å². The number of nitrogens with one attached hydrogen (secondary N) is 3. The SMILES string of the molecule is CC(=O)NC(C)(C)[C@@H]1CC2(CCN(C(=O)C3CN(C(C)(C)C)C[C@H]3c3ccc(F)cc3F)CC2)c2cc(Cl)c(C)cc21.CC(=O)NC(C)(C)[C@@H]1CC2(CCN(C(=O)OC(C)(C)C)CC2)c2cc(Cl)c(C)cc21.CC(=O)NC(C)(C)[C@H]1CC2(CCN(C(=O)C3CN(C(C)C)C[C@H]3c3ccc(F)cc3F)CC2)c2cc(Cl)c(C)cc21.CC(C)(C)N1CC(C(=O)O)[C@H](c2ccc(F)cc2F)C1.Cl.O=C([O-])C(F)(F)F.O=C([O-])C(F)(F)F. The number of hydrogen-bond acceptors (Lipinski definition) is 15. The minimum absolute atomic E-state index is 0. The predicted octanol–water partition coefficient (Wildman–Crippen LogP) is 20.2. The molecule has 6 saturated heterocycles. The van der Waals surface area contributed by atoms with Gasteiger partial charge >= 0.3 is 24.4 Å². The monoisotopic (exact) mass is 2160 g/mol. The summed E-state index contributed by atoms with van der Waals surface area (Å²) in [7, 11) is 0. The molecule has 9 aliphatic rings. The zero-order chi connectivity index (χ0) is 110. The van der Waals surface area contributed by atoms with Crippen molar-refractivity contribution in [2.45, 2.75) is 320 Å². The number of piperidine rings is 3. The summed E-state index contributed by atoms with van der Waals surface area (Å²) >= 11 is 19.8. The van der Waals surface area contributed by atoms with Crippen molar-refractivity contribution in [1.82, 2.24) is 45.3 Å². The summed E-state index contributed by atoms with van der Waals surface area (Å²) in [6.07, 6.45) is -3.01. The van der Waals surface area contributed by atoms with Crippen LogP contribution < -0.4 is 26.2 Å². The van der Waals surface area contributed by atoms with Gasteiger partial charge in [0.1, 0.15) is 52.4 Å². The number of likely N-dealkylation sites (tertiary alicyclic amines) is 6. The zero-order valence-electron chi connectivity index (χ0n) is 88.4. The van der Waals surface area contributed by atoms with Crippen LogP contribution in [0, 0.1) is 73.4 Å². The first-order chi connectivity index (χ1) is 67.6. The Hall–Kier alpha value is -9.45. The fourth-order valence-corrected chi connectivity index (χ4v) is 23.9. The van der Waals surface area contributed by atoms with Gasteiger partial charge in [-0.1, -0.05) is 71.2 Å². The molecule has 9 atom stereocenters. The molecule has 6 fully saturated rings. The molecule has 6 heterocycles. The van der Waals surface area contributed by atoms with Crippen molar-refractivity contribution in [3.05, 3.63) is 208 Å². The number of carbonyl (C=O) groups is 9. The molecule has 38 heteroatoms. The standard InChI is InChI=1S/C34H44ClF2N3O2.C33H42ClF2N3O2.C24H35ClN2O3.C15H19F2NO2.2C2HF3O2.ClH/c1-20-14-24-27(16-29(20)35)34(17-28(24)33(6,7)38-21(2)41)10-12-39(13-11-34)31(42)26-19-40(32(3,4)5)18-25(26)23-9-8-22(36)15-30(23)37;1-19(2)39-17-25(23-8-7-22(35)14-30(23)36)26(18-39)31(41)38-11-9-33(10-12-38)16-28(32(5,6)37-21(4)40)24-13-20(3)29(34)15-27(24)33;1-15-12-17-18(13-20(15)25)24(14-19(17)23(6,7)26-16(2)28)8-10-27(11-9-24)21(29)30-22(3,4)5;1-15(2,3)18-7-11(12(8-18)14(19)20)10-5-4-9(16)6-13(10)17;2*3-2(4,5)1(6)7;/h8-9,14-16,25-26,28H,10-13,17-19H2,1-7H3,(H,38,41);7-8,13-15,19,25-26,28H,9-12,16-18H2,1-6H3,(H,37,40);12-13,19H,8-11,14H2,1-7H3,(H,26,28);4-6,11-12H,7-8H2,1-3H3,(H,19,20);2*(H,6,7);1H/p-2/t25-,26?,28+;25-,26?,28-;19-;11-,12?;;;/m0010.../s1. The predicted molar refractivity (Wildman–Crippen MR) is 542 cm³/mol. The van der Waals surface area contributed by atoms with E-state index in [1.54, 1.807) is 20.8 Å². The third kappa shape index (κ3) is 28.5. The molecular weight excluding hydrogens is 2030 g/mol. The average molecular weight is 2170 g/mol. The van der Waals surface area contributed by atoms with Gasteiger partial charge < -0.3 is 60.3 Å². The van der Waals surface area contributed by atoms with E-state index in [9.17, 15) is 91.4 Å². The van der Waals surface area contributed by atoms with Crippen LogP contribution in [0.3, 0.4) is 0 Å². The Kier molecular flexibility index (Phi) is 38.4. The molecule has 6 aromatic rings. The number of rotatable bonds is 13. The maximum absolute atomic E-state index is 15.0. The summed E-state index contributed by atoms with van der Waals surface area (Å²) in [5.41, 5.74) is 9.30. The molecule has 15 rings (SSSR count). The Bertz CT molecular complexity index is 5860. The molecule has 0 radical (unpaired) electrons. The largest absolute Gasteiger partial charge is 0.542 e. The van der Waals surface area contributed by atoms with Crippen molar-refractivity contribution >= 4 is 101 Å². The van der Waals surface area contributed by atoms with Crippen LogP contribution >= 0.6 is 47.2 Å². The van der Waals surface area contributed by atoms with Gasteiger partial charge in [0.2, 0.25) is 29.5 Å². The molecule has 3 spiro atoms. The van der Waals surface area contributed by atoms with Crippen LogP contribution in [-0.2, 0) is 59.3 Å². The number of aryl methyl sites for hydroxylation is 3. The second-order valence-electron chi connectivity index (χ2n) is 46.2. The van der Waals surface area contributed by atoms with Gasteiger partial charge in [-0.05, 0) is 316 Å². The number of benzene rings is 6. The summed E-state index contributed by atoms with van der Waals surface area (Å²) in [6.45, 7) is 52.2. The van der Waals surface area contributed by atoms with Crippen molar-refractivity contribution in [3.63, 3.8) is 0 Å². The van der Waals surface area contributed by atoms with Crippen LogP contribution in [0.5, 0.6) is 0 Å². The summed E-state index contributed by atoms with van der Waals surface area (Å²) in [6, 6.07) is 23.9. The lowest BCUT2D eigenvalue weighted by Gasteiger charge is -2.42. The Labute approximate surface area is 881 Å². The number of carboxylic acids is 3. The lowest BCUT2D eigenvalue weighted by molar-refractivity contribution is -0.344. The van der Waals surface area contributed by atoms with E-state index in [1.807, 2.05) is 81.9 Å². The summed E-state index contributed by atoms with van der Waals surface area (Å²) in [5.74, 6) is -12.8. The fraction of sp³-hybridized carbons (Fsp3) is 0.591. The molecule has 4 N–H and O–H groups in total. The van der Waals surface area contributed by atoms with Crippen molar-refractivity contribution < 1.29 is 116 Å². The van der Waals surface area contributed by atoms with Gasteiger partial charge in [0.25, 0.3) is 0 Å². The highest BCUT2D eigenvalue weighted by Gasteiger charge is 2.57. The molecule has 0 bridgehead atoms. The summed E-state index contributed by atoms with van der Waals surface area (Å²) in [4.78, 5) is 118. The first kappa shape index (κ1) is 122. The molecule has 0 saturated carbocycles. The van der Waals surface area contributed by atoms with Crippen LogP contribution in [0.1, 0.15) is 299 Å². The van der Waals surface area contributed by atoms with Gasteiger partial charge in [-0.15, -0.1) is 12.4 Å². The molecule has 6 aliphatic heterocycles. The second-order valence-corrected chi connectivity index (χ2v) is 47.5. The molecule has 818 valence electrons. The highest BCUT2D eigenvalue weighted by molar-refractivity contribution is 6.32. The highest BCUT2D eigenvalue weighted by Crippen LogP contribution is 2.60. The van der Waals surface area contributed by atoms with Crippen molar-refractivity contribution in [1.29, 1.82) is 0 Å². The normalized spacial score (nSPS) is 22.1. The Morgan fingerprint density at radius 1 is 0.399 bits per heavy atom. The molecular formula is C110H141Cl4F12N9O13-2. The number of alkyl halides is 6. The minimum Gasteiger partial charge on any atom is -0.542 e. The van der Waals surface area contributed by atoms with Crippen LogP contribution in [0.15, 0.2) is 91.0 Å². The zero-order valence-corrected chi connectivity index (χ0v) is 91.5. The molecule has 6 amide bonds. The number of fused-ring (bicyclic) bond motifs is 6. The number of halogens is 16. The maximum Gasteiger partial charge on any atom is 0.430 e. The lowest BCUT2D eigenvalue weighted by Crippen LogP contribution is -2.49. The Morgan fingerprint density at radius 3 is 0.912 bits per heavy atom. The van der Waals surface area contributed by atoms with Crippen molar-refractivity contribution in [3.8, 4) is 0 Å². The van der Waals surface area contributed by atoms with E-state index in [-0.39, 0.29) is 128 Å². The van der Waals surface area contributed by atoms with E-state index < -0.39 is 99.6 Å². The molecule has 6 aromatic carbocycles. The van der Waals surface area contributed by atoms with Crippen molar-refractivity contribution in [2.24, 2.45) is 17.8 Å². The Morgan fingerprint density at radius 2 is 0.662 bits per heavy atom. The topological polar surface area (TPSA) is 285 Å². The molecule has 3 aliphatic carbocycles. The van der Waals surface area contributed by atoms with E-state index in [1.165, 1.54) is 69.8 Å². The van der Waals surface area contributed by atoms with Gasteiger partial charge in [0.15, 0.2) is 0 Å². The number of hydrogen-bond donors (Lipinski definition) is 4.